The van der Waals surface area contributed by atoms with Gasteiger partial charge in [0.1, 0.15) is 0 Å². The fraction of sp³-hybridized carbons (Fsp3) is 1.00. The summed E-state index contributed by atoms with van der Waals surface area (Å²) in [6.07, 6.45) is 6.35. The largest absolute Gasteiger partial charge is 0.385 e. The van der Waals surface area contributed by atoms with Crippen LogP contribution in [-0.2, 0) is 9.47 Å². The number of hydrogen-bond acceptors (Lipinski definition) is 4. The molecule has 0 bridgehead atoms. The van der Waals surface area contributed by atoms with E-state index < -0.39 is 0 Å². The molecule has 0 saturated carbocycles. The van der Waals surface area contributed by atoms with Gasteiger partial charge in [-0.3, -0.25) is 0 Å². The van der Waals surface area contributed by atoms with Crippen LogP contribution in [0.25, 0.3) is 0 Å². The van der Waals surface area contributed by atoms with Gasteiger partial charge in [-0.25, -0.2) is 0 Å². The first-order valence-corrected chi connectivity index (χ1v) is 7.20. The van der Waals surface area contributed by atoms with Crippen molar-refractivity contribution in [2.45, 2.75) is 32.1 Å². The van der Waals surface area contributed by atoms with E-state index in [1.54, 1.807) is 14.2 Å². The Labute approximate surface area is 113 Å². The predicted molar refractivity (Wildman–Crippen MR) is 77.2 cm³/mol. The number of nitrogens with zero attached hydrogens (tertiary/aromatic N) is 1. The van der Waals surface area contributed by atoms with E-state index in [9.17, 15) is 0 Å². The van der Waals surface area contributed by atoms with Crippen LogP contribution in [0, 0.1) is 0 Å². The van der Waals surface area contributed by atoms with Gasteiger partial charge in [-0.2, -0.15) is 0 Å². The van der Waals surface area contributed by atoms with Crippen molar-refractivity contribution < 1.29 is 9.47 Å². The summed E-state index contributed by atoms with van der Waals surface area (Å²) in [6.45, 7) is 6.16. The van der Waals surface area contributed by atoms with Gasteiger partial charge in [0, 0.05) is 33.9 Å². The Morgan fingerprint density at radius 3 is 2.11 bits per heavy atom. The maximum atomic E-state index is 5.16. The molecule has 0 aliphatic rings. The summed E-state index contributed by atoms with van der Waals surface area (Å²) in [7, 11) is 5.55. The van der Waals surface area contributed by atoms with Crippen molar-refractivity contribution in [2.75, 3.05) is 60.7 Å². The van der Waals surface area contributed by atoms with Gasteiger partial charge in [-0.1, -0.05) is 12.8 Å². The molecule has 1 N–H and O–H groups in total. The van der Waals surface area contributed by atoms with Crippen molar-refractivity contribution in [1.82, 2.24) is 10.2 Å². The van der Waals surface area contributed by atoms with Gasteiger partial charge < -0.3 is 19.7 Å². The summed E-state index contributed by atoms with van der Waals surface area (Å²) < 4.78 is 10.3. The van der Waals surface area contributed by atoms with Crippen LogP contribution in [0.2, 0.25) is 0 Å². The van der Waals surface area contributed by atoms with Crippen molar-refractivity contribution in [1.29, 1.82) is 0 Å². The van der Waals surface area contributed by atoms with Gasteiger partial charge in [0.25, 0.3) is 0 Å². The van der Waals surface area contributed by atoms with E-state index in [1.807, 2.05) is 7.05 Å². The van der Waals surface area contributed by atoms with E-state index in [-0.39, 0.29) is 0 Å². The third-order valence-corrected chi connectivity index (χ3v) is 3.09. The molecular weight excluding hydrogens is 228 g/mol. The summed E-state index contributed by atoms with van der Waals surface area (Å²) in [4.78, 5) is 2.49. The smallest absolute Gasteiger partial charge is 0.0589 e. The Balaban J connectivity index is 3.51. The third kappa shape index (κ3) is 12.3. The highest BCUT2D eigenvalue weighted by molar-refractivity contribution is 4.58. The van der Waals surface area contributed by atoms with Gasteiger partial charge in [0.05, 0.1) is 6.61 Å². The zero-order valence-corrected chi connectivity index (χ0v) is 12.5. The molecule has 0 aliphatic carbocycles. The van der Waals surface area contributed by atoms with Crippen LogP contribution in [0.3, 0.4) is 0 Å². The first kappa shape index (κ1) is 17.8. The van der Waals surface area contributed by atoms with Crippen LogP contribution in [0.4, 0.5) is 0 Å². The Bertz CT molecular complexity index is 157. The first-order chi connectivity index (χ1) is 8.85. The van der Waals surface area contributed by atoms with Crippen LogP contribution < -0.4 is 5.32 Å². The number of unbranched alkanes of at least 4 members (excludes halogenated alkanes) is 3. The van der Waals surface area contributed by atoms with E-state index in [4.69, 9.17) is 9.47 Å². The zero-order chi connectivity index (χ0) is 13.5. The van der Waals surface area contributed by atoms with Gasteiger partial charge >= 0.3 is 0 Å². The topological polar surface area (TPSA) is 33.7 Å². The summed E-state index contributed by atoms with van der Waals surface area (Å²) in [5.41, 5.74) is 0. The van der Waals surface area contributed by atoms with Crippen LogP contribution in [0.15, 0.2) is 0 Å². The van der Waals surface area contributed by atoms with Crippen LogP contribution in [-0.4, -0.2) is 65.6 Å². The average molecular weight is 260 g/mol. The van der Waals surface area contributed by atoms with Crippen molar-refractivity contribution in [3.63, 3.8) is 0 Å². The fourth-order valence-electron chi connectivity index (χ4n) is 1.98. The molecule has 0 unspecified atom stereocenters. The third-order valence-electron chi connectivity index (χ3n) is 3.09. The average Bonchev–Trinajstić information content (AvgIpc) is 2.39. The lowest BCUT2D eigenvalue weighted by molar-refractivity contribution is 0.131. The van der Waals surface area contributed by atoms with E-state index in [0.29, 0.717) is 0 Å². The molecular formula is C14H32N2O2. The fourth-order valence-corrected chi connectivity index (χ4v) is 1.98. The van der Waals surface area contributed by atoms with Crippen LogP contribution >= 0.6 is 0 Å². The number of methoxy groups -OCH3 is 2. The van der Waals surface area contributed by atoms with Crippen molar-refractivity contribution in [3.05, 3.63) is 0 Å². The monoisotopic (exact) mass is 260 g/mol. The second kappa shape index (κ2) is 14.9. The zero-order valence-electron chi connectivity index (χ0n) is 12.5. The predicted octanol–water partition coefficient (Wildman–Crippen LogP) is 1.75. The minimum absolute atomic E-state index is 0.826. The Kier molecular flexibility index (Phi) is 14.8. The molecule has 0 spiro atoms. The van der Waals surface area contributed by atoms with E-state index in [2.05, 4.69) is 10.2 Å². The summed E-state index contributed by atoms with van der Waals surface area (Å²) >= 11 is 0. The minimum Gasteiger partial charge on any atom is -0.385 e. The molecule has 4 heteroatoms. The van der Waals surface area contributed by atoms with Gasteiger partial charge in [-0.05, 0) is 39.4 Å². The number of nitrogens with one attached hydrogen (secondary N) is 1. The normalized spacial score (nSPS) is 11.3. The van der Waals surface area contributed by atoms with E-state index in [0.717, 1.165) is 39.3 Å². The highest BCUT2D eigenvalue weighted by Gasteiger charge is 2.04. The summed E-state index contributed by atoms with van der Waals surface area (Å²) in [6, 6.07) is 0. The van der Waals surface area contributed by atoms with Gasteiger partial charge in [0.15, 0.2) is 0 Å². The molecule has 0 aromatic heterocycles. The van der Waals surface area contributed by atoms with Crippen molar-refractivity contribution in [3.8, 4) is 0 Å². The molecule has 0 heterocycles. The highest BCUT2D eigenvalue weighted by Crippen LogP contribution is 2.02. The van der Waals surface area contributed by atoms with Crippen LogP contribution in [0.5, 0.6) is 0 Å². The van der Waals surface area contributed by atoms with Crippen LogP contribution in [0.1, 0.15) is 32.1 Å². The quantitative estimate of drug-likeness (QED) is 0.483. The number of ether oxygens (including phenoxy) is 2. The molecule has 0 amide bonds. The maximum Gasteiger partial charge on any atom is 0.0589 e. The first-order valence-electron chi connectivity index (χ1n) is 7.20. The number of hydrogen-bond donors (Lipinski definition) is 1. The standard InChI is InChI=1S/C14H32N2O2/c1-15-9-6-4-5-7-10-16(12-14-18-3)11-8-13-17-2/h15H,4-14H2,1-3H3. The lowest BCUT2D eigenvalue weighted by Gasteiger charge is -2.21. The highest BCUT2D eigenvalue weighted by atomic mass is 16.5. The van der Waals surface area contributed by atoms with E-state index in [1.165, 1.54) is 32.2 Å². The lowest BCUT2D eigenvalue weighted by Crippen LogP contribution is -2.30. The molecule has 0 atom stereocenters. The number of rotatable bonds is 14. The molecule has 110 valence electrons. The molecule has 0 aromatic carbocycles. The second-order valence-corrected chi connectivity index (χ2v) is 4.70. The Hall–Kier alpha value is -0.160. The minimum atomic E-state index is 0.826. The SMILES string of the molecule is CNCCCCCCN(CCCOC)CCOC. The molecule has 0 aromatic rings. The Morgan fingerprint density at radius 1 is 0.778 bits per heavy atom. The summed E-state index contributed by atoms with van der Waals surface area (Å²) in [5, 5.41) is 3.19. The molecule has 0 radical (unpaired) electrons. The molecule has 0 rings (SSSR count). The molecule has 18 heavy (non-hydrogen) atoms. The second-order valence-electron chi connectivity index (χ2n) is 4.70. The summed E-state index contributed by atoms with van der Waals surface area (Å²) in [5.74, 6) is 0. The lowest BCUT2D eigenvalue weighted by atomic mass is 10.2. The molecule has 0 fully saturated rings. The van der Waals surface area contributed by atoms with Gasteiger partial charge in [-0.15, -0.1) is 0 Å². The van der Waals surface area contributed by atoms with E-state index >= 15 is 0 Å². The van der Waals surface area contributed by atoms with Crippen molar-refractivity contribution in [2.24, 2.45) is 0 Å². The molecule has 0 saturated heterocycles. The molecule has 4 nitrogen and oxygen atoms in total. The molecule has 0 aliphatic heterocycles. The Morgan fingerprint density at radius 2 is 1.44 bits per heavy atom. The van der Waals surface area contributed by atoms with Crippen molar-refractivity contribution >= 4 is 0 Å². The van der Waals surface area contributed by atoms with Gasteiger partial charge in [0.2, 0.25) is 0 Å². The maximum absolute atomic E-state index is 5.16.